The lowest BCUT2D eigenvalue weighted by atomic mass is 10.1. The van der Waals surface area contributed by atoms with E-state index in [-0.39, 0.29) is 24.3 Å². The number of hydrogen-bond acceptors (Lipinski definition) is 3. The van der Waals surface area contributed by atoms with Crippen molar-refractivity contribution in [1.82, 2.24) is 10.2 Å². The van der Waals surface area contributed by atoms with Crippen LogP contribution in [0.1, 0.15) is 22.0 Å². The molecule has 6 heteroatoms. The molecular weight excluding hydrogens is 383 g/mol. The van der Waals surface area contributed by atoms with Gasteiger partial charge in [-0.15, -0.1) is 11.3 Å². The van der Waals surface area contributed by atoms with Crippen molar-refractivity contribution < 1.29 is 9.18 Å². The molecule has 1 amide bonds. The van der Waals surface area contributed by atoms with Gasteiger partial charge in [-0.05, 0) is 47.8 Å². The molecule has 1 atom stereocenters. The molecule has 0 unspecified atom stereocenters. The van der Waals surface area contributed by atoms with Crippen LogP contribution in [0.25, 0.3) is 0 Å². The van der Waals surface area contributed by atoms with Crippen molar-refractivity contribution in [2.24, 2.45) is 0 Å². The first-order chi connectivity index (χ1) is 13.0. The van der Waals surface area contributed by atoms with E-state index < -0.39 is 0 Å². The van der Waals surface area contributed by atoms with Gasteiger partial charge in [0.1, 0.15) is 5.82 Å². The molecule has 1 N–H and O–H groups in total. The zero-order valence-corrected chi connectivity index (χ0v) is 16.4. The second kappa shape index (κ2) is 9.13. The fourth-order valence-electron chi connectivity index (χ4n) is 2.85. The van der Waals surface area contributed by atoms with E-state index in [9.17, 15) is 9.18 Å². The van der Waals surface area contributed by atoms with Gasteiger partial charge in [0, 0.05) is 16.4 Å². The summed E-state index contributed by atoms with van der Waals surface area (Å²) < 4.78 is 13.3. The molecule has 0 saturated heterocycles. The molecule has 0 aliphatic rings. The van der Waals surface area contributed by atoms with Gasteiger partial charge in [0.05, 0.1) is 12.6 Å². The second-order valence-corrected chi connectivity index (χ2v) is 7.72. The third-order valence-electron chi connectivity index (χ3n) is 4.15. The lowest BCUT2D eigenvalue weighted by molar-refractivity contribution is -0.122. The van der Waals surface area contributed by atoms with Crippen molar-refractivity contribution >= 4 is 28.8 Å². The molecule has 2 aromatic carbocycles. The maximum absolute atomic E-state index is 13.3. The van der Waals surface area contributed by atoms with Gasteiger partial charge >= 0.3 is 0 Å². The Bertz CT molecular complexity index is 883. The molecule has 3 nitrogen and oxygen atoms in total. The van der Waals surface area contributed by atoms with Crippen molar-refractivity contribution in [3.8, 4) is 0 Å². The first kappa shape index (κ1) is 19.5. The van der Waals surface area contributed by atoms with Gasteiger partial charge in [-0.2, -0.15) is 0 Å². The molecule has 0 bridgehead atoms. The zero-order chi connectivity index (χ0) is 19.2. The minimum atomic E-state index is -0.299. The molecule has 0 aliphatic heterocycles. The van der Waals surface area contributed by atoms with Crippen LogP contribution in [-0.4, -0.2) is 24.4 Å². The average Bonchev–Trinajstić information content (AvgIpc) is 3.17. The Balaban J connectivity index is 1.67. The molecule has 3 rings (SSSR count). The van der Waals surface area contributed by atoms with E-state index in [1.165, 1.54) is 12.1 Å². The number of likely N-dealkylation sites (N-methyl/N-ethyl adjacent to an activating group) is 1. The number of hydrogen-bond donors (Lipinski definition) is 1. The summed E-state index contributed by atoms with van der Waals surface area (Å²) in [6.07, 6.45) is 0. The van der Waals surface area contributed by atoms with Gasteiger partial charge in [-0.25, -0.2) is 4.39 Å². The molecule has 0 saturated carbocycles. The van der Waals surface area contributed by atoms with Crippen molar-refractivity contribution in [2.75, 3.05) is 13.6 Å². The summed E-state index contributed by atoms with van der Waals surface area (Å²) in [4.78, 5) is 15.5. The monoisotopic (exact) mass is 402 g/mol. The highest BCUT2D eigenvalue weighted by molar-refractivity contribution is 7.10. The molecule has 0 radical (unpaired) electrons. The van der Waals surface area contributed by atoms with Crippen LogP contribution in [0, 0.1) is 5.82 Å². The van der Waals surface area contributed by atoms with Gasteiger partial charge in [0.15, 0.2) is 0 Å². The van der Waals surface area contributed by atoms with Crippen LogP contribution in [0.15, 0.2) is 66.0 Å². The van der Waals surface area contributed by atoms with Crippen LogP contribution in [-0.2, 0) is 11.3 Å². The summed E-state index contributed by atoms with van der Waals surface area (Å²) in [5.74, 6) is -0.401. The fourth-order valence-corrected chi connectivity index (χ4v) is 3.85. The zero-order valence-electron chi connectivity index (χ0n) is 14.9. The van der Waals surface area contributed by atoms with Crippen molar-refractivity contribution in [2.45, 2.75) is 12.6 Å². The van der Waals surface area contributed by atoms with E-state index in [4.69, 9.17) is 11.6 Å². The predicted octanol–water partition coefficient (Wildman–Crippen LogP) is 4.88. The van der Waals surface area contributed by atoms with E-state index in [0.29, 0.717) is 11.6 Å². The SMILES string of the molecule is CN(CC(=O)N[C@H](c1ccc(F)cc1)c1cccs1)Cc1ccccc1Cl. The predicted molar refractivity (Wildman–Crippen MR) is 108 cm³/mol. The number of halogens is 2. The van der Waals surface area contributed by atoms with Gasteiger partial charge < -0.3 is 5.32 Å². The highest BCUT2D eigenvalue weighted by Crippen LogP contribution is 2.26. The van der Waals surface area contributed by atoms with Gasteiger partial charge in [0.2, 0.25) is 5.91 Å². The minimum absolute atomic E-state index is 0.104. The van der Waals surface area contributed by atoms with E-state index >= 15 is 0 Å². The quantitative estimate of drug-likeness (QED) is 0.611. The average molecular weight is 403 g/mol. The summed E-state index contributed by atoms with van der Waals surface area (Å²) in [6, 6.07) is 17.4. The van der Waals surface area contributed by atoms with Gasteiger partial charge in [-0.3, -0.25) is 9.69 Å². The number of thiophene rings is 1. The number of carbonyl (C=O) groups excluding carboxylic acids is 1. The molecule has 0 spiro atoms. The Morgan fingerprint density at radius 2 is 1.89 bits per heavy atom. The lowest BCUT2D eigenvalue weighted by Crippen LogP contribution is -2.37. The summed E-state index contributed by atoms with van der Waals surface area (Å²) >= 11 is 7.75. The molecule has 27 heavy (non-hydrogen) atoms. The maximum atomic E-state index is 13.3. The van der Waals surface area contributed by atoms with Gasteiger partial charge in [0.25, 0.3) is 0 Å². The first-order valence-corrected chi connectivity index (χ1v) is 9.79. The van der Waals surface area contributed by atoms with Crippen LogP contribution in [0.5, 0.6) is 0 Å². The van der Waals surface area contributed by atoms with Crippen molar-refractivity contribution in [3.63, 3.8) is 0 Å². The standard InChI is InChI=1S/C21H20ClFN2OS/c1-25(13-16-5-2-3-6-18(16)22)14-20(26)24-21(19-7-4-12-27-19)15-8-10-17(23)11-9-15/h2-12,21H,13-14H2,1H3,(H,24,26)/t21-/m1/s1. The molecule has 0 fully saturated rings. The van der Waals surface area contributed by atoms with Gasteiger partial charge in [-0.1, -0.05) is 48.0 Å². The van der Waals surface area contributed by atoms with E-state index in [2.05, 4.69) is 5.32 Å². The molecule has 0 aliphatic carbocycles. The van der Waals surface area contributed by atoms with Crippen molar-refractivity contribution in [1.29, 1.82) is 0 Å². The Kier molecular flexibility index (Phi) is 6.61. The molecule has 1 aromatic heterocycles. The first-order valence-electron chi connectivity index (χ1n) is 8.53. The largest absolute Gasteiger partial charge is 0.343 e. The highest BCUT2D eigenvalue weighted by atomic mass is 35.5. The third-order valence-corrected chi connectivity index (χ3v) is 5.45. The lowest BCUT2D eigenvalue weighted by Gasteiger charge is -2.21. The van der Waals surface area contributed by atoms with Crippen LogP contribution in [0.2, 0.25) is 5.02 Å². The van der Waals surface area contributed by atoms with E-state index in [1.54, 1.807) is 23.5 Å². The van der Waals surface area contributed by atoms with Crippen LogP contribution in [0.4, 0.5) is 4.39 Å². The summed E-state index contributed by atoms with van der Waals surface area (Å²) in [7, 11) is 1.88. The smallest absolute Gasteiger partial charge is 0.234 e. The Morgan fingerprint density at radius 3 is 2.56 bits per heavy atom. The van der Waals surface area contributed by atoms with E-state index in [1.807, 2.05) is 53.7 Å². The number of amides is 1. The fraction of sp³-hybridized carbons (Fsp3) is 0.190. The Labute approximate surface area is 167 Å². The highest BCUT2D eigenvalue weighted by Gasteiger charge is 2.19. The Hall–Kier alpha value is -2.21. The molecule has 1 heterocycles. The number of benzene rings is 2. The number of carbonyl (C=O) groups is 1. The molecular formula is C21H20ClFN2OS. The summed E-state index contributed by atoms with van der Waals surface area (Å²) in [5, 5.41) is 5.71. The molecule has 3 aromatic rings. The Morgan fingerprint density at radius 1 is 1.15 bits per heavy atom. The van der Waals surface area contributed by atoms with Crippen LogP contribution < -0.4 is 5.32 Å². The third kappa shape index (κ3) is 5.39. The normalized spacial score (nSPS) is 12.1. The summed E-state index contributed by atoms with van der Waals surface area (Å²) in [5.41, 5.74) is 1.82. The second-order valence-electron chi connectivity index (χ2n) is 6.33. The molecule has 140 valence electrons. The number of rotatable bonds is 7. The number of nitrogens with zero attached hydrogens (tertiary/aromatic N) is 1. The van der Waals surface area contributed by atoms with E-state index in [0.717, 1.165) is 16.0 Å². The van der Waals surface area contributed by atoms with Crippen LogP contribution in [0.3, 0.4) is 0 Å². The van der Waals surface area contributed by atoms with Crippen LogP contribution >= 0.6 is 22.9 Å². The van der Waals surface area contributed by atoms with Crippen molar-refractivity contribution in [3.05, 3.63) is 92.9 Å². The topological polar surface area (TPSA) is 32.3 Å². The number of nitrogens with one attached hydrogen (secondary N) is 1. The maximum Gasteiger partial charge on any atom is 0.234 e. The summed E-state index contributed by atoms with van der Waals surface area (Å²) in [6.45, 7) is 0.807. The minimum Gasteiger partial charge on any atom is -0.343 e.